The molecule has 1 aromatic heterocycles. The van der Waals surface area contributed by atoms with Crippen LogP contribution < -0.4 is 4.90 Å². The highest BCUT2D eigenvalue weighted by Crippen LogP contribution is 2.28. The van der Waals surface area contributed by atoms with Crippen molar-refractivity contribution >= 4 is 33.2 Å². The second-order valence-electron chi connectivity index (χ2n) is 8.54. The molecule has 4 rings (SSSR count). The van der Waals surface area contributed by atoms with Gasteiger partial charge in [-0.05, 0) is 37.8 Å². The van der Waals surface area contributed by atoms with Gasteiger partial charge in [-0.15, -0.1) is 0 Å². The summed E-state index contributed by atoms with van der Waals surface area (Å²) in [4.78, 5) is 17.1. The van der Waals surface area contributed by atoms with Crippen LogP contribution in [-0.2, 0) is 16.6 Å². The Morgan fingerprint density at radius 2 is 1.88 bits per heavy atom. The lowest BCUT2D eigenvalue weighted by atomic mass is 10.00. The van der Waals surface area contributed by atoms with Crippen molar-refractivity contribution in [2.24, 2.45) is 5.92 Å². The number of hydrogen-bond acceptors (Lipinski definition) is 5. The average molecular weight is 480 g/mol. The third-order valence-electron chi connectivity index (χ3n) is 6.24. The normalized spacial score (nSPS) is 20.5. The maximum absolute atomic E-state index is 13.5. The van der Waals surface area contributed by atoms with Crippen molar-refractivity contribution in [3.8, 4) is 0 Å². The summed E-state index contributed by atoms with van der Waals surface area (Å²) in [6.45, 7) is 7.43. The van der Waals surface area contributed by atoms with E-state index in [1.807, 2.05) is 31.2 Å². The average Bonchev–Trinajstić information content (AvgIpc) is 3.24. The van der Waals surface area contributed by atoms with Gasteiger partial charge in [-0.2, -0.15) is 9.40 Å². The number of nitrogens with zero attached hydrogens (tertiary/aromatic N) is 5. The summed E-state index contributed by atoms with van der Waals surface area (Å²) < 4.78 is 30.0. The van der Waals surface area contributed by atoms with Gasteiger partial charge in [0.2, 0.25) is 5.03 Å². The minimum absolute atomic E-state index is 0.131. The van der Waals surface area contributed by atoms with E-state index in [-0.39, 0.29) is 16.5 Å². The Morgan fingerprint density at radius 1 is 1.16 bits per heavy atom. The van der Waals surface area contributed by atoms with E-state index in [9.17, 15) is 13.2 Å². The summed E-state index contributed by atoms with van der Waals surface area (Å²) in [5.74, 6) is 0.163. The lowest BCUT2D eigenvalue weighted by Gasteiger charge is -2.35. The number of benzene rings is 1. The predicted octanol–water partition coefficient (Wildman–Crippen LogP) is 2.94. The van der Waals surface area contributed by atoms with Crippen LogP contribution in [0.2, 0.25) is 5.02 Å². The van der Waals surface area contributed by atoms with Gasteiger partial charge in [0.25, 0.3) is 15.9 Å². The first kappa shape index (κ1) is 23.1. The van der Waals surface area contributed by atoms with Gasteiger partial charge >= 0.3 is 0 Å². The predicted molar refractivity (Wildman–Crippen MR) is 125 cm³/mol. The number of piperazine rings is 1. The smallest absolute Gasteiger partial charge is 0.263 e. The number of carbonyl (C=O) groups is 1. The molecule has 174 valence electrons. The van der Waals surface area contributed by atoms with Gasteiger partial charge in [0.05, 0.1) is 16.3 Å². The van der Waals surface area contributed by atoms with E-state index in [2.05, 4.69) is 16.9 Å². The van der Waals surface area contributed by atoms with Crippen LogP contribution in [0.15, 0.2) is 35.5 Å². The van der Waals surface area contributed by atoms with E-state index in [0.717, 1.165) is 18.5 Å². The molecule has 10 heteroatoms. The molecule has 0 unspecified atom stereocenters. The van der Waals surface area contributed by atoms with Gasteiger partial charge < -0.3 is 9.80 Å². The molecule has 1 atom stereocenters. The number of para-hydroxylation sites is 1. The van der Waals surface area contributed by atoms with E-state index >= 15 is 0 Å². The SMILES string of the molecule is CCn1cc(C(=O)N2CCC[C@@H](C)C2)c(S(=O)(=O)N2CCN(c3ccccc3Cl)CC2)n1. The van der Waals surface area contributed by atoms with Crippen LogP contribution >= 0.6 is 11.6 Å². The van der Waals surface area contributed by atoms with Crippen LogP contribution in [-0.4, -0.2) is 72.6 Å². The highest BCUT2D eigenvalue weighted by Gasteiger charge is 2.36. The Bertz CT molecular complexity index is 1080. The fraction of sp³-hybridized carbons (Fsp3) is 0.545. The number of sulfonamides is 1. The summed E-state index contributed by atoms with van der Waals surface area (Å²) in [7, 11) is -3.90. The minimum atomic E-state index is -3.90. The first-order chi connectivity index (χ1) is 15.3. The number of aromatic nitrogens is 2. The molecule has 2 saturated heterocycles. The number of carbonyl (C=O) groups excluding carboxylic acids is 1. The Labute approximate surface area is 194 Å². The Hall–Kier alpha value is -2.10. The fourth-order valence-electron chi connectivity index (χ4n) is 4.45. The van der Waals surface area contributed by atoms with Gasteiger partial charge in [0.15, 0.2) is 0 Å². The standard InChI is InChI=1S/C22H30ClN5O3S/c1-3-27-16-18(22(29)26-10-6-7-17(2)15-26)21(24-27)32(30,31)28-13-11-25(12-14-28)20-9-5-4-8-19(20)23/h4-5,8-9,16-17H,3,6-7,10-15H2,1-2H3/t17-/m1/s1. The van der Waals surface area contributed by atoms with Gasteiger partial charge in [-0.1, -0.05) is 30.7 Å². The number of piperidine rings is 1. The number of amides is 1. The number of likely N-dealkylation sites (tertiary alicyclic amines) is 1. The molecule has 2 aliphatic heterocycles. The third-order valence-corrected chi connectivity index (χ3v) is 8.40. The van der Waals surface area contributed by atoms with Gasteiger partial charge in [-0.3, -0.25) is 9.48 Å². The van der Waals surface area contributed by atoms with Crippen molar-refractivity contribution in [1.82, 2.24) is 19.0 Å². The number of hydrogen-bond donors (Lipinski definition) is 0. The molecule has 0 radical (unpaired) electrons. The molecular formula is C22H30ClN5O3S. The van der Waals surface area contributed by atoms with E-state index in [1.54, 1.807) is 11.1 Å². The minimum Gasteiger partial charge on any atom is -0.368 e. The van der Waals surface area contributed by atoms with Crippen molar-refractivity contribution in [2.45, 2.75) is 38.3 Å². The molecule has 1 aromatic carbocycles. The zero-order valence-electron chi connectivity index (χ0n) is 18.6. The van der Waals surface area contributed by atoms with Crippen molar-refractivity contribution in [3.05, 3.63) is 41.0 Å². The van der Waals surface area contributed by atoms with Crippen LogP contribution in [0.25, 0.3) is 0 Å². The van der Waals surface area contributed by atoms with E-state index in [0.29, 0.717) is 56.8 Å². The first-order valence-electron chi connectivity index (χ1n) is 11.2. The Balaban J connectivity index is 1.56. The van der Waals surface area contributed by atoms with E-state index in [1.165, 1.54) is 8.99 Å². The van der Waals surface area contributed by atoms with E-state index < -0.39 is 10.0 Å². The molecular weight excluding hydrogens is 450 g/mol. The molecule has 0 spiro atoms. The zero-order chi connectivity index (χ0) is 22.9. The molecule has 0 N–H and O–H groups in total. The lowest BCUT2D eigenvalue weighted by Crippen LogP contribution is -2.49. The summed E-state index contributed by atoms with van der Waals surface area (Å²) in [5, 5.41) is 4.82. The highest BCUT2D eigenvalue weighted by atomic mass is 35.5. The summed E-state index contributed by atoms with van der Waals surface area (Å²) >= 11 is 6.31. The molecule has 1 amide bonds. The van der Waals surface area contributed by atoms with Crippen LogP contribution in [0.1, 0.15) is 37.0 Å². The lowest BCUT2D eigenvalue weighted by molar-refractivity contribution is 0.0679. The van der Waals surface area contributed by atoms with Crippen molar-refractivity contribution < 1.29 is 13.2 Å². The number of anilines is 1. The van der Waals surface area contributed by atoms with Crippen LogP contribution in [0.4, 0.5) is 5.69 Å². The molecule has 2 aliphatic rings. The van der Waals surface area contributed by atoms with Gasteiger partial charge in [0, 0.05) is 52.0 Å². The summed E-state index contributed by atoms with van der Waals surface area (Å²) in [6, 6.07) is 7.56. The van der Waals surface area contributed by atoms with Crippen LogP contribution in [0, 0.1) is 5.92 Å². The van der Waals surface area contributed by atoms with Crippen molar-refractivity contribution in [2.75, 3.05) is 44.2 Å². The second kappa shape index (κ2) is 9.41. The second-order valence-corrected chi connectivity index (χ2v) is 10.8. The number of aryl methyl sites for hydroxylation is 1. The Kier molecular flexibility index (Phi) is 6.78. The first-order valence-corrected chi connectivity index (χ1v) is 13.0. The molecule has 32 heavy (non-hydrogen) atoms. The molecule has 2 fully saturated rings. The zero-order valence-corrected chi connectivity index (χ0v) is 20.1. The molecule has 0 saturated carbocycles. The topological polar surface area (TPSA) is 78.8 Å². The largest absolute Gasteiger partial charge is 0.368 e. The molecule has 8 nitrogen and oxygen atoms in total. The van der Waals surface area contributed by atoms with Crippen LogP contribution in [0.5, 0.6) is 0 Å². The van der Waals surface area contributed by atoms with Crippen molar-refractivity contribution in [1.29, 1.82) is 0 Å². The summed E-state index contributed by atoms with van der Waals surface area (Å²) in [5.41, 5.74) is 1.08. The fourth-order valence-corrected chi connectivity index (χ4v) is 6.22. The van der Waals surface area contributed by atoms with Crippen molar-refractivity contribution in [3.63, 3.8) is 0 Å². The molecule has 2 aromatic rings. The quantitative estimate of drug-likeness (QED) is 0.658. The van der Waals surface area contributed by atoms with Gasteiger partial charge in [0.1, 0.15) is 0 Å². The highest BCUT2D eigenvalue weighted by molar-refractivity contribution is 7.89. The van der Waals surface area contributed by atoms with E-state index in [4.69, 9.17) is 11.6 Å². The number of rotatable bonds is 5. The van der Waals surface area contributed by atoms with Crippen LogP contribution in [0.3, 0.4) is 0 Å². The molecule has 0 bridgehead atoms. The monoisotopic (exact) mass is 479 g/mol. The molecule has 3 heterocycles. The van der Waals surface area contributed by atoms with Gasteiger partial charge in [-0.25, -0.2) is 8.42 Å². The maximum atomic E-state index is 13.5. The molecule has 0 aliphatic carbocycles. The Morgan fingerprint density at radius 3 is 2.53 bits per heavy atom. The summed E-state index contributed by atoms with van der Waals surface area (Å²) in [6.07, 6.45) is 3.59. The maximum Gasteiger partial charge on any atom is 0.263 e. The third kappa shape index (κ3) is 4.51. The number of halogens is 1.